The number of ether oxygens (including phenoxy) is 1. The van der Waals surface area contributed by atoms with Crippen molar-refractivity contribution in [1.82, 2.24) is 20.1 Å². The molecule has 3 N–H and O–H groups in total. The smallest absolute Gasteiger partial charge is 0.251 e. The monoisotopic (exact) mass is 475 g/mol. The SMILES string of the molecule is COc1ccc(C(=O)N[C@H](CO)c2nnc(SCC(=O)Nc3ccc(Cl)cc3)n2C)cc1. The van der Waals surface area contributed by atoms with E-state index >= 15 is 0 Å². The zero-order valence-electron chi connectivity index (χ0n) is 17.4. The number of hydrogen-bond donors (Lipinski definition) is 3. The minimum atomic E-state index is -0.764. The van der Waals surface area contributed by atoms with Crippen LogP contribution in [0, 0.1) is 0 Å². The van der Waals surface area contributed by atoms with Crippen molar-refractivity contribution in [2.75, 3.05) is 24.8 Å². The maximum Gasteiger partial charge on any atom is 0.251 e. The standard InChI is InChI=1S/C21H22ClN5O4S/c1-27-19(17(11-28)24-20(30)13-3-9-16(31-2)10-4-13)25-26-21(27)32-12-18(29)23-15-7-5-14(22)6-8-15/h3-10,17,28H,11-12H2,1-2H3,(H,23,29)(H,24,30)/t17-/m1/s1. The third kappa shape index (κ3) is 6.00. The van der Waals surface area contributed by atoms with Gasteiger partial charge in [-0.1, -0.05) is 23.4 Å². The van der Waals surface area contributed by atoms with Gasteiger partial charge in [0.15, 0.2) is 11.0 Å². The first-order valence-corrected chi connectivity index (χ1v) is 10.9. The van der Waals surface area contributed by atoms with Crippen LogP contribution in [0.1, 0.15) is 22.2 Å². The Bertz CT molecular complexity index is 1070. The number of aromatic nitrogens is 3. The molecule has 3 rings (SSSR count). The Morgan fingerprint density at radius 1 is 1.16 bits per heavy atom. The average Bonchev–Trinajstić information content (AvgIpc) is 3.17. The fourth-order valence-corrected chi connectivity index (χ4v) is 3.64. The van der Waals surface area contributed by atoms with Crippen molar-refractivity contribution in [3.8, 4) is 5.75 Å². The summed E-state index contributed by atoms with van der Waals surface area (Å²) in [4.78, 5) is 24.7. The van der Waals surface area contributed by atoms with E-state index in [2.05, 4.69) is 20.8 Å². The van der Waals surface area contributed by atoms with E-state index in [9.17, 15) is 14.7 Å². The lowest BCUT2D eigenvalue weighted by Crippen LogP contribution is -2.32. The van der Waals surface area contributed by atoms with Gasteiger partial charge < -0.3 is 25.0 Å². The molecule has 0 spiro atoms. The molecule has 0 aliphatic carbocycles. The van der Waals surface area contributed by atoms with E-state index in [0.29, 0.717) is 33.0 Å². The van der Waals surface area contributed by atoms with E-state index in [4.69, 9.17) is 16.3 Å². The van der Waals surface area contributed by atoms with E-state index in [1.807, 2.05) is 0 Å². The van der Waals surface area contributed by atoms with Gasteiger partial charge in [0.25, 0.3) is 5.91 Å². The van der Waals surface area contributed by atoms with Gasteiger partial charge in [-0.05, 0) is 48.5 Å². The lowest BCUT2D eigenvalue weighted by atomic mass is 10.2. The van der Waals surface area contributed by atoms with Gasteiger partial charge in [-0.15, -0.1) is 10.2 Å². The Morgan fingerprint density at radius 3 is 2.47 bits per heavy atom. The highest BCUT2D eigenvalue weighted by atomic mass is 35.5. The number of carbonyl (C=O) groups is 2. The van der Waals surface area contributed by atoms with Gasteiger partial charge in [-0.3, -0.25) is 9.59 Å². The summed E-state index contributed by atoms with van der Waals surface area (Å²) in [5.41, 5.74) is 1.06. The molecule has 2 amide bonds. The van der Waals surface area contributed by atoms with Crippen LogP contribution >= 0.6 is 23.4 Å². The van der Waals surface area contributed by atoms with Crippen molar-refractivity contribution in [3.05, 3.63) is 64.9 Å². The Hall–Kier alpha value is -3.08. The average molecular weight is 476 g/mol. The van der Waals surface area contributed by atoms with Crippen LogP contribution in [0.3, 0.4) is 0 Å². The first-order chi connectivity index (χ1) is 15.4. The number of rotatable bonds is 9. The summed E-state index contributed by atoms with van der Waals surface area (Å²) in [7, 11) is 3.25. The van der Waals surface area contributed by atoms with Crippen LogP contribution in [0.5, 0.6) is 5.75 Å². The number of halogens is 1. The lowest BCUT2D eigenvalue weighted by Gasteiger charge is -2.16. The van der Waals surface area contributed by atoms with Gasteiger partial charge in [0, 0.05) is 23.3 Å². The first kappa shape index (κ1) is 23.6. The molecule has 168 valence electrons. The third-order valence-electron chi connectivity index (χ3n) is 4.48. The highest BCUT2D eigenvalue weighted by Gasteiger charge is 2.22. The number of nitrogens with zero attached hydrogens (tertiary/aromatic N) is 3. The molecule has 9 nitrogen and oxygen atoms in total. The molecule has 0 saturated heterocycles. The number of anilines is 1. The molecule has 1 atom stereocenters. The lowest BCUT2D eigenvalue weighted by molar-refractivity contribution is -0.113. The Balaban J connectivity index is 1.60. The molecule has 0 aliphatic rings. The van der Waals surface area contributed by atoms with Gasteiger partial charge in [-0.25, -0.2) is 0 Å². The van der Waals surface area contributed by atoms with Crippen molar-refractivity contribution in [2.45, 2.75) is 11.2 Å². The van der Waals surface area contributed by atoms with E-state index in [1.54, 1.807) is 67.3 Å². The van der Waals surface area contributed by atoms with Crippen LogP contribution < -0.4 is 15.4 Å². The highest BCUT2D eigenvalue weighted by molar-refractivity contribution is 7.99. The Labute approximate surface area is 194 Å². The van der Waals surface area contributed by atoms with Crippen molar-refractivity contribution in [3.63, 3.8) is 0 Å². The Morgan fingerprint density at radius 2 is 1.84 bits per heavy atom. The number of methoxy groups -OCH3 is 1. The van der Waals surface area contributed by atoms with E-state index in [-0.39, 0.29) is 24.2 Å². The summed E-state index contributed by atoms with van der Waals surface area (Å²) in [6.07, 6.45) is 0. The van der Waals surface area contributed by atoms with Crippen molar-refractivity contribution < 1.29 is 19.4 Å². The normalized spacial score (nSPS) is 11.6. The van der Waals surface area contributed by atoms with Crippen LogP contribution in [0.25, 0.3) is 0 Å². The molecular weight excluding hydrogens is 454 g/mol. The number of carbonyl (C=O) groups excluding carboxylic acids is 2. The molecule has 2 aromatic carbocycles. The van der Waals surface area contributed by atoms with Crippen molar-refractivity contribution in [2.24, 2.45) is 7.05 Å². The summed E-state index contributed by atoms with van der Waals surface area (Å²) in [6, 6.07) is 12.6. The van der Waals surface area contributed by atoms with E-state index in [1.165, 1.54) is 11.8 Å². The minimum Gasteiger partial charge on any atom is -0.497 e. The topological polar surface area (TPSA) is 118 Å². The van der Waals surface area contributed by atoms with Gasteiger partial charge in [0.05, 0.1) is 19.5 Å². The molecule has 0 unspecified atom stereocenters. The molecule has 1 heterocycles. The number of aliphatic hydroxyl groups excluding tert-OH is 1. The van der Waals surface area contributed by atoms with E-state index in [0.717, 1.165) is 0 Å². The van der Waals surface area contributed by atoms with Gasteiger partial charge >= 0.3 is 0 Å². The molecule has 0 aliphatic heterocycles. The molecule has 32 heavy (non-hydrogen) atoms. The second-order valence-electron chi connectivity index (χ2n) is 6.68. The summed E-state index contributed by atoms with van der Waals surface area (Å²) in [6.45, 7) is -0.365. The summed E-state index contributed by atoms with van der Waals surface area (Å²) in [5.74, 6) is 0.529. The van der Waals surface area contributed by atoms with Crippen LogP contribution in [-0.2, 0) is 11.8 Å². The van der Waals surface area contributed by atoms with Crippen LogP contribution in [-0.4, -0.2) is 51.2 Å². The second kappa shape index (κ2) is 11.0. The molecular formula is C21H22ClN5O4S. The summed E-state index contributed by atoms with van der Waals surface area (Å²) < 4.78 is 6.72. The number of aliphatic hydroxyl groups is 1. The van der Waals surface area contributed by atoms with Crippen LogP contribution in [0.15, 0.2) is 53.7 Å². The fourth-order valence-electron chi connectivity index (χ4n) is 2.79. The Kier molecular flexibility index (Phi) is 8.09. The van der Waals surface area contributed by atoms with Gasteiger partial charge in [-0.2, -0.15) is 0 Å². The quantitative estimate of drug-likeness (QED) is 0.407. The van der Waals surface area contributed by atoms with E-state index < -0.39 is 6.04 Å². The maximum absolute atomic E-state index is 12.5. The zero-order chi connectivity index (χ0) is 23.1. The maximum atomic E-state index is 12.5. The largest absolute Gasteiger partial charge is 0.497 e. The highest BCUT2D eigenvalue weighted by Crippen LogP contribution is 2.21. The summed E-state index contributed by atoms with van der Waals surface area (Å²) in [5, 5.41) is 24.5. The fraction of sp³-hybridized carbons (Fsp3) is 0.238. The van der Waals surface area contributed by atoms with Crippen LogP contribution in [0.4, 0.5) is 5.69 Å². The van der Waals surface area contributed by atoms with Crippen LogP contribution in [0.2, 0.25) is 5.02 Å². The minimum absolute atomic E-state index is 0.108. The van der Waals surface area contributed by atoms with Crippen molar-refractivity contribution >= 4 is 40.9 Å². The second-order valence-corrected chi connectivity index (χ2v) is 8.06. The molecule has 0 bridgehead atoms. The predicted octanol–water partition coefficient (Wildman–Crippen LogP) is 2.67. The number of nitrogens with one attached hydrogen (secondary N) is 2. The van der Waals surface area contributed by atoms with Crippen molar-refractivity contribution in [1.29, 1.82) is 0 Å². The number of amides is 2. The predicted molar refractivity (Wildman–Crippen MR) is 122 cm³/mol. The molecule has 0 fully saturated rings. The number of hydrogen-bond acceptors (Lipinski definition) is 7. The summed E-state index contributed by atoms with van der Waals surface area (Å²) >= 11 is 7.03. The molecule has 0 saturated carbocycles. The number of thioether (sulfide) groups is 1. The zero-order valence-corrected chi connectivity index (χ0v) is 19.0. The molecule has 3 aromatic rings. The molecule has 1 aromatic heterocycles. The molecule has 11 heteroatoms. The third-order valence-corrected chi connectivity index (χ3v) is 5.75. The number of benzene rings is 2. The van der Waals surface area contributed by atoms with Gasteiger partial charge in [0.2, 0.25) is 5.91 Å². The molecule has 0 radical (unpaired) electrons. The van der Waals surface area contributed by atoms with Gasteiger partial charge in [0.1, 0.15) is 11.8 Å². The first-order valence-electron chi connectivity index (χ1n) is 9.54.